The Labute approximate surface area is 154 Å². The number of terminal acetylenes is 1. The van der Waals surface area contributed by atoms with E-state index in [1.54, 1.807) is 0 Å². The molecule has 0 radical (unpaired) electrons. The van der Waals surface area contributed by atoms with Gasteiger partial charge < -0.3 is 4.43 Å². The second-order valence-corrected chi connectivity index (χ2v) is 11.8. The lowest BCUT2D eigenvalue weighted by Crippen LogP contribution is -2.66. The largest absolute Gasteiger partial charge is 0.407 e. The van der Waals surface area contributed by atoms with E-state index in [2.05, 4.69) is 87.4 Å². The first-order valence-electron chi connectivity index (χ1n) is 9.21. The highest BCUT2D eigenvalue weighted by atomic mass is 28.4. The summed E-state index contributed by atoms with van der Waals surface area (Å²) in [4.78, 5) is 0. The molecule has 0 aliphatic rings. The zero-order chi connectivity index (χ0) is 18.2. The highest BCUT2D eigenvalue weighted by molar-refractivity contribution is 6.99. The number of rotatable bonds is 8. The van der Waals surface area contributed by atoms with E-state index in [1.165, 1.54) is 10.4 Å². The topological polar surface area (TPSA) is 9.23 Å². The standard InChI is InChI=1S/C23H30OSi/c1-5-6-7-8-15-20-24-25(23(2,3)4,21-16-11-9-12-17-21)22-18-13-10-14-19-22/h1,9-14,16-19H,6-8,15,20H2,2-4H3. The highest BCUT2D eigenvalue weighted by Gasteiger charge is 2.49. The van der Waals surface area contributed by atoms with E-state index in [-0.39, 0.29) is 5.04 Å². The van der Waals surface area contributed by atoms with Crippen molar-refractivity contribution in [3.8, 4) is 12.3 Å². The van der Waals surface area contributed by atoms with Gasteiger partial charge in [0.2, 0.25) is 0 Å². The zero-order valence-electron chi connectivity index (χ0n) is 15.8. The molecule has 0 amide bonds. The molecule has 2 aromatic carbocycles. The van der Waals surface area contributed by atoms with Gasteiger partial charge in [0.15, 0.2) is 0 Å². The second-order valence-electron chi connectivity index (χ2n) is 7.53. The molecular weight excluding hydrogens is 320 g/mol. The number of hydrogen-bond acceptors (Lipinski definition) is 1. The maximum Gasteiger partial charge on any atom is 0.261 e. The Morgan fingerprint density at radius 1 is 0.840 bits per heavy atom. The minimum atomic E-state index is -2.36. The van der Waals surface area contributed by atoms with Crippen LogP contribution in [-0.4, -0.2) is 14.9 Å². The lowest BCUT2D eigenvalue weighted by Gasteiger charge is -2.43. The minimum Gasteiger partial charge on any atom is -0.407 e. The quantitative estimate of drug-likeness (QED) is 0.379. The lowest BCUT2D eigenvalue weighted by molar-refractivity contribution is 0.287. The van der Waals surface area contributed by atoms with E-state index in [4.69, 9.17) is 10.8 Å². The molecule has 132 valence electrons. The van der Waals surface area contributed by atoms with E-state index >= 15 is 0 Å². The zero-order valence-corrected chi connectivity index (χ0v) is 16.8. The third-order valence-corrected chi connectivity index (χ3v) is 9.74. The summed E-state index contributed by atoms with van der Waals surface area (Å²) in [5, 5.41) is 2.74. The van der Waals surface area contributed by atoms with Crippen LogP contribution in [-0.2, 0) is 4.43 Å². The van der Waals surface area contributed by atoms with Crippen LogP contribution in [0.3, 0.4) is 0 Å². The van der Waals surface area contributed by atoms with Gasteiger partial charge in [0.1, 0.15) is 0 Å². The Hall–Kier alpha value is -1.82. The summed E-state index contributed by atoms with van der Waals surface area (Å²) in [5.74, 6) is 2.72. The van der Waals surface area contributed by atoms with Crippen molar-refractivity contribution >= 4 is 18.7 Å². The normalized spacial score (nSPS) is 11.9. The minimum absolute atomic E-state index is 0.0501. The summed E-state index contributed by atoms with van der Waals surface area (Å²) in [6.07, 6.45) is 9.48. The van der Waals surface area contributed by atoms with Gasteiger partial charge in [-0.1, -0.05) is 87.9 Å². The summed E-state index contributed by atoms with van der Waals surface area (Å²) < 4.78 is 6.83. The number of benzene rings is 2. The van der Waals surface area contributed by atoms with Crippen LogP contribution in [0.5, 0.6) is 0 Å². The Morgan fingerprint density at radius 2 is 1.36 bits per heavy atom. The lowest BCUT2D eigenvalue weighted by atomic mass is 10.2. The van der Waals surface area contributed by atoms with Crippen molar-refractivity contribution in [2.75, 3.05) is 6.61 Å². The Morgan fingerprint density at radius 3 is 1.80 bits per heavy atom. The van der Waals surface area contributed by atoms with Crippen LogP contribution in [0.2, 0.25) is 5.04 Å². The van der Waals surface area contributed by atoms with Crippen LogP contribution in [0.15, 0.2) is 60.7 Å². The number of hydrogen-bond donors (Lipinski definition) is 0. The van der Waals surface area contributed by atoms with Gasteiger partial charge in [-0.15, -0.1) is 12.3 Å². The molecule has 0 aliphatic heterocycles. The van der Waals surface area contributed by atoms with Gasteiger partial charge >= 0.3 is 0 Å². The van der Waals surface area contributed by atoms with Gasteiger partial charge in [-0.05, 0) is 28.3 Å². The van der Waals surface area contributed by atoms with Crippen molar-refractivity contribution < 1.29 is 4.43 Å². The number of unbranched alkanes of at least 4 members (excludes halogenated alkanes) is 3. The molecule has 0 heterocycles. The molecule has 0 saturated carbocycles. The van der Waals surface area contributed by atoms with E-state index in [0.717, 1.165) is 32.3 Å². The monoisotopic (exact) mass is 350 g/mol. The smallest absolute Gasteiger partial charge is 0.261 e. The summed E-state index contributed by atoms with van der Waals surface area (Å²) >= 11 is 0. The Kier molecular flexibility index (Phi) is 7.05. The van der Waals surface area contributed by atoms with Crippen molar-refractivity contribution in [1.29, 1.82) is 0 Å². The van der Waals surface area contributed by atoms with Gasteiger partial charge in [-0.3, -0.25) is 0 Å². The maximum atomic E-state index is 6.83. The van der Waals surface area contributed by atoms with Gasteiger partial charge in [-0.25, -0.2) is 0 Å². The first-order chi connectivity index (χ1) is 12.0. The van der Waals surface area contributed by atoms with Crippen molar-refractivity contribution in [2.45, 2.75) is 51.5 Å². The fraction of sp³-hybridized carbons (Fsp3) is 0.391. The van der Waals surface area contributed by atoms with Gasteiger partial charge in [-0.2, -0.15) is 0 Å². The van der Waals surface area contributed by atoms with Crippen LogP contribution in [0.4, 0.5) is 0 Å². The van der Waals surface area contributed by atoms with Crippen LogP contribution in [0.1, 0.15) is 46.5 Å². The molecule has 2 aromatic rings. The molecule has 0 aliphatic carbocycles. The molecule has 0 saturated heterocycles. The first kappa shape index (κ1) is 19.5. The van der Waals surface area contributed by atoms with Crippen molar-refractivity contribution in [2.24, 2.45) is 0 Å². The fourth-order valence-corrected chi connectivity index (χ4v) is 8.10. The molecule has 1 nitrogen and oxygen atoms in total. The fourth-order valence-electron chi connectivity index (χ4n) is 3.49. The molecule has 0 aromatic heterocycles. The Bertz CT molecular complexity index is 625. The molecule has 0 bridgehead atoms. The molecule has 0 unspecified atom stereocenters. The summed E-state index contributed by atoms with van der Waals surface area (Å²) in [5.41, 5.74) is 0. The van der Waals surface area contributed by atoms with E-state index < -0.39 is 8.32 Å². The third kappa shape index (κ3) is 4.63. The average Bonchev–Trinajstić information content (AvgIpc) is 2.62. The van der Waals surface area contributed by atoms with Crippen LogP contribution in [0.25, 0.3) is 0 Å². The van der Waals surface area contributed by atoms with Crippen molar-refractivity contribution in [1.82, 2.24) is 0 Å². The molecule has 0 atom stereocenters. The molecule has 0 spiro atoms. The summed E-state index contributed by atoms with van der Waals surface area (Å²) in [7, 11) is -2.36. The van der Waals surface area contributed by atoms with E-state index in [9.17, 15) is 0 Å². The molecule has 2 rings (SSSR count). The average molecular weight is 351 g/mol. The van der Waals surface area contributed by atoms with Crippen LogP contribution >= 0.6 is 0 Å². The Balaban J connectivity index is 2.34. The summed E-state index contributed by atoms with van der Waals surface area (Å²) in [6, 6.07) is 21.6. The van der Waals surface area contributed by atoms with Gasteiger partial charge in [0, 0.05) is 13.0 Å². The second kappa shape index (κ2) is 9.04. The van der Waals surface area contributed by atoms with Crippen molar-refractivity contribution in [3.05, 3.63) is 60.7 Å². The van der Waals surface area contributed by atoms with Crippen LogP contribution in [0, 0.1) is 12.3 Å². The molecular formula is C23H30OSi. The predicted octanol–water partition coefficient (Wildman–Crippen LogP) is 4.76. The van der Waals surface area contributed by atoms with Crippen LogP contribution < -0.4 is 10.4 Å². The highest BCUT2D eigenvalue weighted by Crippen LogP contribution is 2.36. The van der Waals surface area contributed by atoms with E-state index in [1.807, 2.05) is 0 Å². The van der Waals surface area contributed by atoms with Gasteiger partial charge in [0.25, 0.3) is 8.32 Å². The van der Waals surface area contributed by atoms with E-state index in [0.29, 0.717) is 0 Å². The maximum absolute atomic E-state index is 6.83. The van der Waals surface area contributed by atoms with Gasteiger partial charge in [0.05, 0.1) is 0 Å². The molecule has 2 heteroatoms. The van der Waals surface area contributed by atoms with Crippen molar-refractivity contribution in [3.63, 3.8) is 0 Å². The summed E-state index contributed by atoms with van der Waals surface area (Å²) in [6.45, 7) is 7.74. The molecule has 0 N–H and O–H groups in total. The molecule has 25 heavy (non-hydrogen) atoms. The third-order valence-electron chi connectivity index (χ3n) is 4.70. The SMILES string of the molecule is C#CCCCCCO[Si](c1ccccc1)(c1ccccc1)C(C)(C)C. The first-order valence-corrected chi connectivity index (χ1v) is 11.1. The predicted molar refractivity (Wildman–Crippen MR) is 111 cm³/mol. The molecule has 0 fully saturated rings.